The first-order chi connectivity index (χ1) is 15.3. The zero-order valence-corrected chi connectivity index (χ0v) is 18.6. The number of hydrogen-bond acceptors (Lipinski definition) is 7. The van der Waals surface area contributed by atoms with Gasteiger partial charge in [-0.3, -0.25) is 19.8 Å². The minimum absolute atomic E-state index is 0.0328. The molecule has 1 fully saturated rings. The smallest absolute Gasteiger partial charge is 0.283 e. The molecule has 32 heavy (non-hydrogen) atoms. The fraction of sp³-hybridized carbons (Fsp3) is 0.286. The van der Waals surface area contributed by atoms with Crippen molar-refractivity contribution in [1.82, 2.24) is 19.9 Å². The predicted octanol–water partition coefficient (Wildman–Crippen LogP) is 4.47. The van der Waals surface area contributed by atoms with Gasteiger partial charge in [-0.05, 0) is 43.3 Å². The molecule has 4 rings (SSSR count). The number of nitrogens with zero attached hydrogens (tertiary/aromatic N) is 5. The Kier molecular flexibility index (Phi) is 6.40. The molecule has 1 aromatic heterocycles. The molecule has 11 heteroatoms. The van der Waals surface area contributed by atoms with Crippen molar-refractivity contribution >= 4 is 34.8 Å². The average Bonchev–Trinajstić information content (AvgIpc) is 3.29. The highest BCUT2D eigenvalue weighted by Gasteiger charge is 2.31. The van der Waals surface area contributed by atoms with E-state index in [-0.39, 0.29) is 28.2 Å². The number of rotatable bonds is 5. The number of piperazine rings is 1. The van der Waals surface area contributed by atoms with Crippen LogP contribution in [0.3, 0.4) is 0 Å². The van der Waals surface area contributed by atoms with E-state index in [1.165, 1.54) is 18.2 Å². The van der Waals surface area contributed by atoms with Crippen LogP contribution in [0.1, 0.15) is 29.2 Å². The van der Waals surface area contributed by atoms with Crippen LogP contribution in [0, 0.1) is 10.1 Å². The Hall–Kier alpha value is -3.01. The third-order valence-electron chi connectivity index (χ3n) is 5.44. The van der Waals surface area contributed by atoms with Gasteiger partial charge in [0, 0.05) is 47.9 Å². The predicted molar refractivity (Wildman–Crippen MR) is 119 cm³/mol. The van der Waals surface area contributed by atoms with Gasteiger partial charge >= 0.3 is 0 Å². The standard InChI is InChI=1S/C21H19Cl2N5O4/c1-13(20-24-19(25-32-20)14-2-4-15(22)5-3-14)26-8-10-27(11-9-26)21(29)17-7-6-16(23)12-18(17)28(30)31/h2-7,12-13H,8-11H2,1H3. The van der Waals surface area contributed by atoms with E-state index in [2.05, 4.69) is 15.0 Å². The molecule has 0 spiro atoms. The number of aromatic nitrogens is 2. The highest BCUT2D eigenvalue weighted by atomic mass is 35.5. The van der Waals surface area contributed by atoms with E-state index < -0.39 is 4.92 Å². The van der Waals surface area contributed by atoms with Crippen LogP contribution in [0.25, 0.3) is 11.4 Å². The van der Waals surface area contributed by atoms with Gasteiger partial charge in [0.1, 0.15) is 5.56 Å². The summed E-state index contributed by atoms with van der Waals surface area (Å²) in [6, 6.07) is 11.1. The zero-order valence-electron chi connectivity index (χ0n) is 17.1. The van der Waals surface area contributed by atoms with Gasteiger partial charge in [-0.15, -0.1) is 0 Å². The summed E-state index contributed by atoms with van der Waals surface area (Å²) in [5.41, 5.74) is 0.542. The van der Waals surface area contributed by atoms with Crippen LogP contribution in [0.15, 0.2) is 47.0 Å². The average molecular weight is 476 g/mol. The molecule has 166 valence electrons. The Morgan fingerprint density at radius 3 is 2.41 bits per heavy atom. The van der Waals surface area contributed by atoms with Crippen molar-refractivity contribution in [3.8, 4) is 11.4 Å². The second-order valence-corrected chi connectivity index (χ2v) is 8.26. The van der Waals surface area contributed by atoms with Gasteiger partial charge in [0.05, 0.1) is 11.0 Å². The summed E-state index contributed by atoms with van der Waals surface area (Å²) in [7, 11) is 0. The number of halogens is 2. The van der Waals surface area contributed by atoms with Crippen LogP contribution in [0.5, 0.6) is 0 Å². The van der Waals surface area contributed by atoms with Crippen LogP contribution < -0.4 is 0 Å². The summed E-state index contributed by atoms with van der Waals surface area (Å²) in [5.74, 6) is 0.568. The number of nitro benzene ring substituents is 1. The van der Waals surface area contributed by atoms with E-state index in [1.54, 1.807) is 17.0 Å². The number of nitro groups is 1. The molecule has 0 saturated carbocycles. The van der Waals surface area contributed by atoms with E-state index in [0.29, 0.717) is 42.9 Å². The fourth-order valence-electron chi connectivity index (χ4n) is 3.60. The largest absolute Gasteiger partial charge is 0.337 e. The first-order valence-corrected chi connectivity index (χ1v) is 10.7. The van der Waals surface area contributed by atoms with Crippen molar-refractivity contribution in [1.29, 1.82) is 0 Å². The summed E-state index contributed by atoms with van der Waals surface area (Å²) in [4.78, 5) is 31.8. The molecule has 1 atom stereocenters. The lowest BCUT2D eigenvalue weighted by molar-refractivity contribution is -0.385. The maximum absolute atomic E-state index is 12.9. The fourth-order valence-corrected chi connectivity index (χ4v) is 3.89. The summed E-state index contributed by atoms with van der Waals surface area (Å²) in [6.45, 7) is 3.92. The lowest BCUT2D eigenvalue weighted by atomic mass is 10.1. The molecule has 1 unspecified atom stereocenters. The summed E-state index contributed by atoms with van der Waals surface area (Å²) < 4.78 is 5.46. The number of carbonyl (C=O) groups excluding carboxylic acids is 1. The zero-order chi connectivity index (χ0) is 22.8. The van der Waals surface area contributed by atoms with Crippen molar-refractivity contribution in [2.75, 3.05) is 26.2 Å². The van der Waals surface area contributed by atoms with Gasteiger partial charge in [-0.25, -0.2) is 0 Å². The van der Waals surface area contributed by atoms with Crippen molar-refractivity contribution in [3.05, 3.63) is 74.1 Å². The Balaban J connectivity index is 1.41. The Morgan fingerprint density at radius 2 is 1.75 bits per heavy atom. The summed E-state index contributed by atoms with van der Waals surface area (Å²) in [6.07, 6.45) is 0. The van der Waals surface area contributed by atoms with Gasteiger partial charge in [0.15, 0.2) is 0 Å². The molecule has 0 aliphatic carbocycles. The normalized spacial score (nSPS) is 15.5. The van der Waals surface area contributed by atoms with Gasteiger partial charge in [-0.2, -0.15) is 4.98 Å². The van der Waals surface area contributed by atoms with Crippen LogP contribution in [0.4, 0.5) is 5.69 Å². The van der Waals surface area contributed by atoms with Crippen molar-refractivity contribution < 1.29 is 14.2 Å². The molecule has 0 bridgehead atoms. The Bertz CT molecular complexity index is 1140. The molecule has 0 radical (unpaired) electrons. The molecule has 2 aromatic carbocycles. The first kappa shape index (κ1) is 22.2. The van der Waals surface area contributed by atoms with Crippen LogP contribution in [0.2, 0.25) is 10.0 Å². The highest BCUT2D eigenvalue weighted by molar-refractivity contribution is 6.31. The molecule has 1 aliphatic heterocycles. The minimum Gasteiger partial charge on any atom is -0.337 e. The molecule has 2 heterocycles. The van der Waals surface area contributed by atoms with Gasteiger partial charge in [-0.1, -0.05) is 28.4 Å². The maximum Gasteiger partial charge on any atom is 0.283 e. The van der Waals surface area contributed by atoms with Crippen LogP contribution in [-0.4, -0.2) is 56.9 Å². The SMILES string of the molecule is CC(c1nc(-c2ccc(Cl)cc2)no1)N1CCN(C(=O)c2ccc(Cl)cc2[N+](=O)[O-])CC1. The lowest BCUT2D eigenvalue weighted by Crippen LogP contribution is -2.49. The molecule has 1 saturated heterocycles. The van der Waals surface area contributed by atoms with Gasteiger partial charge in [0.25, 0.3) is 11.6 Å². The maximum atomic E-state index is 12.9. The quantitative estimate of drug-likeness (QED) is 0.395. The number of benzene rings is 2. The molecular weight excluding hydrogens is 457 g/mol. The molecule has 1 aliphatic rings. The molecular formula is C21H19Cl2N5O4. The van der Waals surface area contributed by atoms with E-state index in [4.69, 9.17) is 27.7 Å². The highest BCUT2D eigenvalue weighted by Crippen LogP contribution is 2.27. The number of carbonyl (C=O) groups is 1. The van der Waals surface area contributed by atoms with Gasteiger partial charge in [0.2, 0.25) is 11.7 Å². The number of amides is 1. The molecule has 3 aromatic rings. The van der Waals surface area contributed by atoms with E-state index in [0.717, 1.165) is 5.56 Å². The first-order valence-electron chi connectivity index (χ1n) is 9.90. The lowest BCUT2D eigenvalue weighted by Gasteiger charge is -2.36. The molecule has 9 nitrogen and oxygen atoms in total. The van der Waals surface area contributed by atoms with Crippen molar-refractivity contribution in [2.24, 2.45) is 0 Å². The Labute approximate surface area is 193 Å². The van der Waals surface area contributed by atoms with E-state index in [1.807, 2.05) is 19.1 Å². The second-order valence-electron chi connectivity index (χ2n) is 7.39. The van der Waals surface area contributed by atoms with Gasteiger partial charge < -0.3 is 9.42 Å². The second kappa shape index (κ2) is 9.23. The summed E-state index contributed by atoms with van der Waals surface area (Å²) in [5, 5.41) is 16.2. The van der Waals surface area contributed by atoms with E-state index in [9.17, 15) is 14.9 Å². The van der Waals surface area contributed by atoms with Crippen LogP contribution >= 0.6 is 23.2 Å². The van der Waals surface area contributed by atoms with E-state index >= 15 is 0 Å². The van der Waals surface area contributed by atoms with Crippen molar-refractivity contribution in [2.45, 2.75) is 13.0 Å². The molecule has 1 amide bonds. The minimum atomic E-state index is -0.592. The third-order valence-corrected chi connectivity index (χ3v) is 5.92. The topological polar surface area (TPSA) is 106 Å². The third kappa shape index (κ3) is 4.59. The molecule has 0 N–H and O–H groups in total. The monoisotopic (exact) mass is 475 g/mol. The van der Waals surface area contributed by atoms with Crippen LogP contribution in [-0.2, 0) is 0 Å². The number of hydrogen-bond donors (Lipinski definition) is 0. The Morgan fingerprint density at radius 1 is 1.09 bits per heavy atom. The summed E-state index contributed by atoms with van der Waals surface area (Å²) >= 11 is 11.8. The van der Waals surface area contributed by atoms with Crippen molar-refractivity contribution in [3.63, 3.8) is 0 Å².